The number of nitrogens with one attached hydrogen (secondary N) is 1. The molecule has 0 bridgehead atoms. The summed E-state index contributed by atoms with van der Waals surface area (Å²) >= 11 is 0. The second-order valence-electron chi connectivity index (χ2n) is 7.56. The van der Waals surface area contributed by atoms with Crippen molar-refractivity contribution in [2.75, 3.05) is 19.6 Å². The number of hydrogen-bond donors (Lipinski definition) is 1. The Bertz CT molecular complexity index is 558. The fraction of sp³-hybridized carbons (Fsp3) is 0.650. The summed E-state index contributed by atoms with van der Waals surface area (Å²) in [6.07, 6.45) is 6.66. The summed E-state index contributed by atoms with van der Waals surface area (Å²) in [5, 5.41) is 3.07. The van der Waals surface area contributed by atoms with Gasteiger partial charge in [0.2, 0.25) is 5.91 Å². The minimum absolute atomic E-state index is 0.114. The molecule has 2 saturated heterocycles. The predicted octanol–water partition coefficient (Wildman–Crippen LogP) is 2.38. The first-order chi connectivity index (χ1) is 11.8. The highest BCUT2D eigenvalue weighted by Crippen LogP contribution is 2.32. The molecule has 0 unspecified atom stereocenters. The molecule has 3 aliphatic rings. The molecule has 1 aromatic carbocycles. The van der Waals surface area contributed by atoms with E-state index in [1.807, 2.05) is 0 Å². The van der Waals surface area contributed by atoms with E-state index < -0.39 is 0 Å². The Morgan fingerprint density at radius 1 is 1.12 bits per heavy atom. The minimum atomic E-state index is -0.223. The normalized spacial score (nSPS) is 30.1. The molecule has 3 fully saturated rings. The maximum absolute atomic E-state index is 12.3. The van der Waals surface area contributed by atoms with Crippen LogP contribution in [0.4, 0.5) is 0 Å². The van der Waals surface area contributed by atoms with E-state index in [2.05, 4.69) is 40.5 Å². The highest BCUT2D eigenvalue weighted by molar-refractivity contribution is 5.80. The van der Waals surface area contributed by atoms with Crippen LogP contribution in [0.1, 0.15) is 37.7 Å². The van der Waals surface area contributed by atoms with Crippen molar-refractivity contribution in [1.82, 2.24) is 10.2 Å². The number of carbonyl (C=O) groups is 1. The molecule has 0 radical (unpaired) electrons. The molecular weight excluding hydrogens is 300 g/mol. The van der Waals surface area contributed by atoms with Crippen molar-refractivity contribution in [3.63, 3.8) is 0 Å². The molecule has 1 amide bonds. The van der Waals surface area contributed by atoms with Crippen LogP contribution in [0, 0.1) is 5.92 Å². The average Bonchev–Trinajstić information content (AvgIpc) is 3.37. The molecule has 2 aliphatic heterocycles. The van der Waals surface area contributed by atoms with Crippen LogP contribution >= 0.6 is 0 Å². The summed E-state index contributed by atoms with van der Waals surface area (Å²) < 4.78 is 6.15. The van der Waals surface area contributed by atoms with Gasteiger partial charge in [-0.25, -0.2) is 0 Å². The average molecular weight is 328 g/mol. The van der Waals surface area contributed by atoms with Crippen molar-refractivity contribution in [1.29, 1.82) is 0 Å². The summed E-state index contributed by atoms with van der Waals surface area (Å²) in [5.41, 5.74) is 1.40. The van der Waals surface area contributed by atoms with Gasteiger partial charge in [0.05, 0.1) is 6.10 Å². The molecule has 1 aliphatic carbocycles. The van der Waals surface area contributed by atoms with Crippen LogP contribution in [-0.2, 0) is 16.0 Å². The largest absolute Gasteiger partial charge is 0.363 e. The zero-order chi connectivity index (χ0) is 16.4. The quantitative estimate of drug-likeness (QED) is 0.872. The summed E-state index contributed by atoms with van der Waals surface area (Å²) in [6, 6.07) is 11.2. The number of carbonyl (C=O) groups excluding carboxylic acids is 1. The van der Waals surface area contributed by atoms with Crippen LogP contribution in [0.5, 0.6) is 0 Å². The Morgan fingerprint density at radius 3 is 2.75 bits per heavy atom. The van der Waals surface area contributed by atoms with Crippen molar-refractivity contribution >= 4 is 5.91 Å². The zero-order valence-electron chi connectivity index (χ0n) is 14.3. The topological polar surface area (TPSA) is 41.6 Å². The SMILES string of the molecule is O=C(NCC1CC1)[C@@H]1CC[C@H]2[C@H](CCN2CCc2ccccc2)O1. The lowest BCUT2D eigenvalue weighted by Gasteiger charge is -2.35. The van der Waals surface area contributed by atoms with Gasteiger partial charge in [0.25, 0.3) is 0 Å². The second-order valence-corrected chi connectivity index (χ2v) is 7.56. The molecule has 1 aromatic rings. The van der Waals surface area contributed by atoms with Gasteiger partial charge in [-0.2, -0.15) is 0 Å². The van der Waals surface area contributed by atoms with E-state index in [0.29, 0.717) is 6.04 Å². The lowest BCUT2D eigenvalue weighted by molar-refractivity contribution is -0.143. The number of amides is 1. The number of benzene rings is 1. The van der Waals surface area contributed by atoms with Crippen LogP contribution < -0.4 is 5.32 Å². The lowest BCUT2D eigenvalue weighted by atomic mass is 9.98. The Balaban J connectivity index is 1.25. The van der Waals surface area contributed by atoms with Crippen LogP contribution in [0.25, 0.3) is 0 Å². The Hall–Kier alpha value is -1.39. The molecule has 130 valence electrons. The fourth-order valence-electron chi connectivity index (χ4n) is 4.08. The molecule has 24 heavy (non-hydrogen) atoms. The monoisotopic (exact) mass is 328 g/mol. The molecule has 0 aromatic heterocycles. The van der Waals surface area contributed by atoms with E-state index >= 15 is 0 Å². The van der Waals surface area contributed by atoms with E-state index in [-0.39, 0.29) is 18.1 Å². The van der Waals surface area contributed by atoms with Gasteiger partial charge in [0.1, 0.15) is 6.10 Å². The van der Waals surface area contributed by atoms with E-state index in [1.165, 1.54) is 18.4 Å². The molecule has 4 heteroatoms. The standard InChI is InChI=1S/C20H28N2O2/c23-20(21-14-16-6-7-16)19-9-8-17-18(24-19)11-13-22(17)12-10-15-4-2-1-3-5-15/h1-5,16-19H,6-14H2,(H,21,23)/t17-,18-,19-/m0/s1. The number of ether oxygens (including phenoxy) is 1. The summed E-state index contributed by atoms with van der Waals surface area (Å²) in [5.74, 6) is 0.841. The number of likely N-dealkylation sites (tertiary alicyclic amines) is 1. The summed E-state index contributed by atoms with van der Waals surface area (Å²) in [4.78, 5) is 14.8. The van der Waals surface area contributed by atoms with Crippen molar-refractivity contribution in [2.45, 2.75) is 56.8 Å². The van der Waals surface area contributed by atoms with Gasteiger partial charge in [-0.15, -0.1) is 0 Å². The van der Waals surface area contributed by atoms with Gasteiger partial charge in [-0.3, -0.25) is 9.69 Å². The molecule has 4 rings (SSSR count). The van der Waals surface area contributed by atoms with Gasteiger partial charge < -0.3 is 10.1 Å². The maximum atomic E-state index is 12.3. The first-order valence-electron chi connectivity index (χ1n) is 9.51. The Labute approximate surface area is 144 Å². The van der Waals surface area contributed by atoms with Crippen molar-refractivity contribution in [3.05, 3.63) is 35.9 Å². The third-order valence-electron chi connectivity index (χ3n) is 5.75. The lowest BCUT2D eigenvalue weighted by Crippen LogP contribution is -2.48. The van der Waals surface area contributed by atoms with E-state index in [0.717, 1.165) is 51.2 Å². The highest BCUT2D eigenvalue weighted by atomic mass is 16.5. The molecule has 2 heterocycles. The predicted molar refractivity (Wildman–Crippen MR) is 93.8 cm³/mol. The van der Waals surface area contributed by atoms with Gasteiger partial charge in [-0.05, 0) is 50.0 Å². The van der Waals surface area contributed by atoms with Crippen LogP contribution in [0.2, 0.25) is 0 Å². The minimum Gasteiger partial charge on any atom is -0.363 e. The summed E-state index contributed by atoms with van der Waals surface area (Å²) in [7, 11) is 0. The zero-order valence-corrected chi connectivity index (χ0v) is 14.3. The number of nitrogens with zero attached hydrogens (tertiary/aromatic N) is 1. The molecule has 3 atom stereocenters. The van der Waals surface area contributed by atoms with Crippen molar-refractivity contribution < 1.29 is 9.53 Å². The molecule has 4 nitrogen and oxygen atoms in total. The van der Waals surface area contributed by atoms with E-state index in [4.69, 9.17) is 4.74 Å². The first-order valence-corrected chi connectivity index (χ1v) is 9.51. The summed E-state index contributed by atoms with van der Waals surface area (Å²) in [6.45, 7) is 3.03. The van der Waals surface area contributed by atoms with E-state index in [1.54, 1.807) is 0 Å². The third-order valence-corrected chi connectivity index (χ3v) is 5.75. The van der Waals surface area contributed by atoms with Crippen molar-refractivity contribution in [2.24, 2.45) is 5.92 Å². The third kappa shape index (κ3) is 3.81. The molecular formula is C20H28N2O2. The van der Waals surface area contributed by atoms with Gasteiger partial charge in [0.15, 0.2) is 0 Å². The number of hydrogen-bond acceptors (Lipinski definition) is 3. The second kappa shape index (κ2) is 7.24. The smallest absolute Gasteiger partial charge is 0.249 e. The fourth-order valence-corrected chi connectivity index (χ4v) is 4.08. The molecule has 1 saturated carbocycles. The maximum Gasteiger partial charge on any atom is 0.249 e. The van der Waals surface area contributed by atoms with Crippen molar-refractivity contribution in [3.8, 4) is 0 Å². The molecule has 1 N–H and O–H groups in total. The highest BCUT2D eigenvalue weighted by Gasteiger charge is 2.41. The van der Waals surface area contributed by atoms with Gasteiger partial charge >= 0.3 is 0 Å². The van der Waals surface area contributed by atoms with Gasteiger partial charge in [0, 0.05) is 25.7 Å². The Morgan fingerprint density at radius 2 is 1.96 bits per heavy atom. The van der Waals surface area contributed by atoms with Crippen LogP contribution in [0.15, 0.2) is 30.3 Å². The first kappa shape index (κ1) is 16.1. The van der Waals surface area contributed by atoms with Crippen LogP contribution in [-0.4, -0.2) is 48.7 Å². The van der Waals surface area contributed by atoms with Gasteiger partial charge in [-0.1, -0.05) is 30.3 Å². The Kier molecular flexibility index (Phi) is 4.86. The number of fused-ring (bicyclic) bond motifs is 1. The van der Waals surface area contributed by atoms with E-state index in [9.17, 15) is 4.79 Å². The molecule has 0 spiro atoms. The number of rotatable bonds is 6. The van der Waals surface area contributed by atoms with Crippen LogP contribution in [0.3, 0.4) is 0 Å².